The summed E-state index contributed by atoms with van der Waals surface area (Å²) in [6, 6.07) is 3.74. The highest BCUT2D eigenvalue weighted by Crippen LogP contribution is 2.38. The van der Waals surface area contributed by atoms with Gasteiger partial charge in [0, 0.05) is 13.6 Å². The number of carbonyl (C=O) groups excluding carboxylic acids is 1. The van der Waals surface area contributed by atoms with E-state index >= 15 is 0 Å². The van der Waals surface area contributed by atoms with Gasteiger partial charge in [0.05, 0.1) is 28.4 Å². The van der Waals surface area contributed by atoms with Crippen molar-refractivity contribution in [2.24, 2.45) is 0 Å². The summed E-state index contributed by atoms with van der Waals surface area (Å²) in [4.78, 5) is 12.8. The van der Waals surface area contributed by atoms with Gasteiger partial charge < -0.3 is 23.8 Å². The zero-order valence-corrected chi connectivity index (χ0v) is 12.6. The van der Waals surface area contributed by atoms with E-state index in [-0.39, 0.29) is 6.09 Å². The maximum atomic E-state index is 11.3. The first kappa shape index (κ1) is 15.9. The molecule has 0 aliphatic heterocycles. The maximum absolute atomic E-state index is 11.3. The lowest BCUT2D eigenvalue weighted by Crippen LogP contribution is -2.28. The Morgan fingerprint density at radius 1 is 1.05 bits per heavy atom. The number of carbonyl (C=O) groups is 1. The highest BCUT2D eigenvalue weighted by atomic mass is 16.5. The van der Waals surface area contributed by atoms with Crippen molar-refractivity contribution in [1.29, 1.82) is 0 Å². The van der Waals surface area contributed by atoms with Gasteiger partial charge in [0.25, 0.3) is 0 Å². The van der Waals surface area contributed by atoms with Crippen LogP contribution in [0.3, 0.4) is 0 Å². The van der Waals surface area contributed by atoms with Gasteiger partial charge >= 0.3 is 6.09 Å². The molecule has 1 amide bonds. The number of rotatable bonds is 6. The average Bonchev–Trinajstić information content (AvgIpc) is 2.50. The van der Waals surface area contributed by atoms with Crippen LogP contribution in [0, 0.1) is 0 Å². The third-order valence-corrected chi connectivity index (χ3v) is 2.95. The fourth-order valence-electron chi connectivity index (χ4n) is 1.82. The molecular weight excluding hydrogens is 262 g/mol. The first-order valence-corrected chi connectivity index (χ1v) is 6.15. The maximum Gasteiger partial charge on any atom is 0.409 e. The molecule has 0 unspecified atom stereocenters. The van der Waals surface area contributed by atoms with Crippen LogP contribution >= 0.6 is 0 Å². The highest BCUT2D eigenvalue weighted by Gasteiger charge is 2.14. The van der Waals surface area contributed by atoms with Crippen LogP contribution in [0.25, 0.3) is 0 Å². The van der Waals surface area contributed by atoms with Crippen LogP contribution in [-0.2, 0) is 11.2 Å². The molecule has 1 aromatic rings. The molecular formula is C14H21NO5. The quantitative estimate of drug-likeness (QED) is 0.798. The normalized spacial score (nSPS) is 9.85. The largest absolute Gasteiger partial charge is 0.493 e. The van der Waals surface area contributed by atoms with Gasteiger partial charge in [0.1, 0.15) is 0 Å². The molecule has 1 rings (SSSR count). The number of nitrogens with zero attached hydrogens (tertiary/aromatic N) is 1. The molecule has 112 valence electrons. The van der Waals surface area contributed by atoms with E-state index in [2.05, 4.69) is 4.74 Å². The van der Waals surface area contributed by atoms with Crippen LogP contribution in [0.2, 0.25) is 0 Å². The third kappa shape index (κ3) is 3.69. The van der Waals surface area contributed by atoms with Gasteiger partial charge in [-0.15, -0.1) is 0 Å². The zero-order valence-electron chi connectivity index (χ0n) is 12.6. The van der Waals surface area contributed by atoms with Crippen LogP contribution in [0.5, 0.6) is 17.2 Å². The van der Waals surface area contributed by atoms with Crippen molar-refractivity contribution in [3.05, 3.63) is 17.7 Å². The van der Waals surface area contributed by atoms with Gasteiger partial charge in [-0.25, -0.2) is 4.79 Å². The van der Waals surface area contributed by atoms with Crippen LogP contribution in [0.1, 0.15) is 5.56 Å². The number of methoxy groups -OCH3 is 4. The molecule has 0 fully saturated rings. The highest BCUT2D eigenvalue weighted by molar-refractivity contribution is 5.67. The van der Waals surface area contributed by atoms with E-state index in [9.17, 15) is 4.79 Å². The van der Waals surface area contributed by atoms with Crippen LogP contribution < -0.4 is 14.2 Å². The first-order valence-electron chi connectivity index (χ1n) is 6.15. The van der Waals surface area contributed by atoms with Gasteiger partial charge in [0.2, 0.25) is 5.75 Å². The number of hydrogen-bond donors (Lipinski definition) is 0. The number of benzene rings is 1. The predicted molar refractivity (Wildman–Crippen MR) is 74.8 cm³/mol. The SMILES string of the molecule is COC(=O)N(C)CCc1cc(OC)c(OC)c(OC)c1. The summed E-state index contributed by atoms with van der Waals surface area (Å²) < 4.78 is 20.5. The molecule has 0 N–H and O–H groups in total. The zero-order chi connectivity index (χ0) is 15.1. The van der Waals surface area contributed by atoms with Crippen molar-refractivity contribution in [1.82, 2.24) is 4.90 Å². The molecule has 0 atom stereocenters. The summed E-state index contributed by atoms with van der Waals surface area (Å²) in [5, 5.41) is 0. The van der Waals surface area contributed by atoms with Crippen LogP contribution in [0.4, 0.5) is 4.79 Å². The molecule has 0 aromatic heterocycles. The fourth-order valence-corrected chi connectivity index (χ4v) is 1.82. The number of amides is 1. The Kier molecular flexibility index (Phi) is 5.96. The van der Waals surface area contributed by atoms with Crippen molar-refractivity contribution in [3.63, 3.8) is 0 Å². The van der Waals surface area contributed by atoms with Crippen molar-refractivity contribution in [2.45, 2.75) is 6.42 Å². The lowest BCUT2D eigenvalue weighted by atomic mass is 10.1. The summed E-state index contributed by atoms with van der Waals surface area (Å²) in [5.41, 5.74) is 0.982. The third-order valence-electron chi connectivity index (χ3n) is 2.95. The lowest BCUT2D eigenvalue weighted by Gasteiger charge is -2.17. The van der Waals surface area contributed by atoms with Gasteiger partial charge in [-0.3, -0.25) is 0 Å². The van der Waals surface area contributed by atoms with E-state index < -0.39 is 0 Å². The Hall–Kier alpha value is -2.11. The van der Waals surface area contributed by atoms with Gasteiger partial charge in [0.15, 0.2) is 11.5 Å². The molecule has 0 saturated carbocycles. The Bertz CT molecular complexity index is 436. The molecule has 20 heavy (non-hydrogen) atoms. The van der Waals surface area contributed by atoms with E-state index in [1.807, 2.05) is 12.1 Å². The molecule has 6 nitrogen and oxygen atoms in total. The van der Waals surface area contributed by atoms with Crippen LogP contribution in [-0.4, -0.2) is 53.0 Å². The molecule has 0 bridgehead atoms. The standard InChI is InChI=1S/C14H21NO5/c1-15(14(16)20-5)7-6-10-8-11(17-2)13(19-4)12(9-10)18-3/h8-9H,6-7H2,1-5H3. The topological polar surface area (TPSA) is 57.2 Å². The molecule has 6 heteroatoms. The summed E-state index contributed by atoms with van der Waals surface area (Å²) in [6.07, 6.45) is 0.292. The molecule has 0 spiro atoms. The smallest absolute Gasteiger partial charge is 0.409 e. The minimum Gasteiger partial charge on any atom is -0.493 e. The van der Waals surface area contributed by atoms with Crippen molar-refractivity contribution in [3.8, 4) is 17.2 Å². The number of ether oxygens (including phenoxy) is 4. The molecule has 0 heterocycles. The Labute approximate surface area is 119 Å². The fraction of sp³-hybridized carbons (Fsp3) is 0.500. The summed E-state index contributed by atoms with van der Waals surface area (Å²) in [6.45, 7) is 0.533. The monoisotopic (exact) mass is 283 g/mol. The minimum absolute atomic E-state index is 0.363. The molecule has 0 saturated heterocycles. The van der Waals surface area contributed by atoms with Crippen molar-refractivity contribution < 1.29 is 23.7 Å². The summed E-state index contributed by atoms with van der Waals surface area (Å²) in [5.74, 6) is 1.75. The van der Waals surface area contributed by atoms with E-state index in [4.69, 9.17) is 14.2 Å². The Morgan fingerprint density at radius 2 is 1.60 bits per heavy atom. The molecule has 0 aliphatic rings. The van der Waals surface area contributed by atoms with Gasteiger partial charge in [-0.1, -0.05) is 0 Å². The molecule has 0 aliphatic carbocycles. The summed E-state index contributed by atoms with van der Waals surface area (Å²) >= 11 is 0. The number of likely N-dealkylation sites (N-methyl/N-ethyl adjacent to an activating group) is 1. The summed E-state index contributed by atoms with van der Waals surface area (Å²) in [7, 11) is 7.75. The second-order valence-electron chi connectivity index (χ2n) is 4.18. The van der Waals surface area contributed by atoms with E-state index in [1.54, 1.807) is 28.4 Å². The van der Waals surface area contributed by atoms with Gasteiger partial charge in [-0.05, 0) is 24.1 Å². The van der Waals surface area contributed by atoms with Gasteiger partial charge in [-0.2, -0.15) is 0 Å². The lowest BCUT2D eigenvalue weighted by molar-refractivity contribution is 0.134. The van der Waals surface area contributed by atoms with E-state index in [0.29, 0.717) is 30.2 Å². The Morgan fingerprint density at radius 3 is 2.00 bits per heavy atom. The minimum atomic E-state index is -0.363. The van der Waals surface area contributed by atoms with Crippen molar-refractivity contribution in [2.75, 3.05) is 42.0 Å². The Balaban J connectivity index is 2.88. The van der Waals surface area contributed by atoms with Crippen molar-refractivity contribution >= 4 is 6.09 Å². The first-order chi connectivity index (χ1) is 9.57. The van der Waals surface area contributed by atoms with Crippen LogP contribution in [0.15, 0.2) is 12.1 Å². The van der Waals surface area contributed by atoms with E-state index in [0.717, 1.165) is 5.56 Å². The second-order valence-corrected chi connectivity index (χ2v) is 4.18. The predicted octanol–water partition coefficient (Wildman–Crippen LogP) is 1.95. The van der Waals surface area contributed by atoms with E-state index in [1.165, 1.54) is 12.0 Å². The number of hydrogen-bond acceptors (Lipinski definition) is 5. The molecule has 0 radical (unpaired) electrons. The molecule has 1 aromatic carbocycles. The average molecular weight is 283 g/mol. The second kappa shape index (κ2) is 7.47.